The highest BCUT2D eigenvalue weighted by molar-refractivity contribution is 7.46. The Hall–Kier alpha value is -1.11. The molecule has 0 aliphatic rings. The molecule has 0 aliphatic heterocycles. The zero-order chi connectivity index (χ0) is 26.7. The fourth-order valence-electron chi connectivity index (χ4n) is 1.86. The van der Waals surface area contributed by atoms with Gasteiger partial charge in [-0.1, -0.05) is 13.8 Å². The van der Waals surface area contributed by atoms with Crippen LogP contribution in [0, 0.1) is 10.8 Å². The third kappa shape index (κ3) is 18.2. The number of ether oxygens (including phenoxy) is 5. The van der Waals surface area contributed by atoms with Gasteiger partial charge in [0.25, 0.3) is 0 Å². The van der Waals surface area contributed by atoms with E-state index < -0.39 is 18.7 Å². The molecular weight excluding hydrogens is 475 g/mol. The summed E-state index contributed by atoms with van der Waals surface area (Å²) in [5.74, 6) is -0.581. The molecule has 0 aromatic heterocycles. The van der Waals surface area contributed by atoms with Crippen molar-refractivity contribution in [2.75, 3.05) is 66.6 Å². The maximum Gasteiger partial charge on any atom is 0.469 e. The lowest BCUT2D eigenvalue weighted by Gasteiger charge is -2.21. The highest BCUT2D eigenvalue weighted by atomic mass is 31.2. The molecule has 3 N–H and O–H groups in total. The van der Waals surface area contributed by atoms with E-state index in [1.807, 2.05) is 27.7 Å². The summed E-state index contributed by atoms with van der Waals surface area (Å²) in [5, 5.41) is 8.79. The van der Waals surface area contributed by atoms with Gasteiger partial charge in [-0.25, -0.2) is 4.57 Å². The van der Waals surface area contributed by atoms with Crippen LogP contribution in [0.5, 0.6) is 0 Å². The van der Waals surface area contributed by atoms with Crippen molar-refractivity contribution < 1.29 is 57.3 Å². The Morgan fingerprint density at radius 2 is 1.21 bits per heavy atom. The summed E-state index contributed by atoms with van der Waals surface area (Å²) in [6.07, 6.45) is 1.31. The number of carbonyl (C=O) groups excluding carboxylic acids is 2. The van der Waals surface area contributed by atoms with Crippen LogP contribution in [0.4, 0.5) is 0 Å². The van der Waals surface area contributed by atoms with Gasteiger partial charge in [0.05, 0.1) is 70.8 Å². The largest absolute Gasteiger partial charge is 0.469 e. The first-order chi connectivity index (χ1) is 15.8. The summed E-state index contributed by atoms with van der Waals surface area (Å²) in [7, 11) is -3.10. The zero-order valence-corrected chi connectivity index (χ0v) is 22.1. The van der Waals surface area contributed by atoms with Gasteiger partial charge < -0.3 is 38.6 Å². The molecule has 0 heterocycles. The molecule has 13 heteroatoms. The van der Waals surface area contributed by atoms with Crippen LogP contribution in [-0.2, 0) is 42.4 Å². The summed E-state index contributed by atoms with van der Waals surface area (Å²) in [6.45, 7) is 10.8. The first-order valence-electron chi connectivity index (χ1n) is 11.1. The smallest absolute Gasteiger partial charge is 0.469 e. The molecule has 1 unspecified atom stereocenters. The van der Waals surface area contributed by atoms with Crippen LogP contribution in [0.1, 0.15) is 47.5 Å². The molecule has 34 heavy (non-hydrogen) atoms. The van der Waals surface area contributed by atoms with Gasteiger partial charge in [-0.3, -0.25) is 14.1 Å². The van der Waals surface area contributed by atoms with Gasteiger partial charge in [-0.2, -0.15) is 0 Å². The highest BCUT2D eigenvalue weighted by Crippen LogP contribution is 2.35. The summed E-state index contributed by atoms with van der Waals surface area (Å²) < 4.78 is 39.7. The molecule has 0 radical (unpaired) electrons. The number of aliphatic hydroxyl groups excluding tert-OH is 1. The number of esters is 2. The fourth-order valence-corrected chi connectivity index (χ4v) is 2.17. The Labute approximate surface area is 202 Å². The summed E-state index contributed by atoms with van der Waals surface area (Å²) in [5.41, 5.74) is -1.19. The van der Waals surface area contributed by atoms with E-state index in [1.165, 1.54) is 7.11 Å². The minimum atomic E-state index is -4.42. The standard InChI is InChI=1S/C14H29O9P.C7H14O3/c1-4-14(2,3)13(15)22-11-9-20-7-5-19-6-8-21-10-12-23-24(16,17)18;1-4-7(2,5-8)6(9)10-3/h4-12H2,1-3H3,(H2,16,17,18);8H,4-5H2,1-3H3. The minimum Gasteiger partial charge on any atom is -0.469 e. The summed E-state index contributed by atoms with van der Waals surface area (Å²) in [6, 6.07) is 0. The molecule has 0 aliphatic carbocycles. The minimum absolute atomic E-state index is 0.0739. The number of rotatable bonds is 18. The van der Waals surface area contributed by atoms with Crippen LogP contribution in [0.15, 0.2) is 0 Å². The SMILES string of the molecule is CCC(C)(C)C(=O)OCCOCCOCCOCCOP(=O)(O)O.CCC(C)(CO)C(=O)OC. The third-order valence-electron chi connectivity index (χ3n) is 4.94. The van der Waals surface area contributed by atoms with Crippen molar-refractivity contribution in [2.45, 2.75) is 47.5 Å². The van der Waals surface area contributed by atoms with Crippen molar-refractivity contribution in [3.63, 3.8) is 0 Å². The normalized spacial score (nSPS) is 13.4. The predicted molar refractivity (Wildman–Crippen MR) is 123 cm³/mol. The van der Waals surface area contributed by atoms with Crippen molar-refractivity contribution in [3.8, 4) is 0 Å². The lowest BCUT2D eigenvalue weighted by Crippen LogP contribution is -2.31. The Bertz CT molecular complexity index is 586. The molecule has 0 aromatic carbocycles. The van der Waals surface area contributed by atoms with Gasteiger partial charge in [0.1, 0.15) is 6.61 Å². The van der Waals surface area contributed by atoms with Gasteiger partial charge in [0, 0.05) is 0 Å². The first kappa shape index (κ1) is 35.1. The zero-order valence-electron chi connectivity index (χ0n) is 21.2. The van der Waals surface area contributed by atoms with Gasteiger partial charge >= 0.3 is 19.8 Å². The number of phosphoric ester groups is 1. The second kappa shape index (κ2) is 19.1. The van der Waals surface area contributed by atoms with E-state index in [9.17, 15) is 14.2 Å². The quantitative estimate of drug-likeness (QED) is 0.137. The van der Waals surface area contributed by atoms with E-state index in [1.54, 1.807) is 6.92 Å². The van der Waals surface area contributed by atoms with Crippen LogP contribution >= 0.6 is 7.82 Å². The molecule has 0 saturated carbocycles. The number of hydrogen-bond donors (Lipinski definition) is 3. The molecule has 0 fully saturated rings. The van der Waals surface area contributed by atoms with Crippen LogP contribution in [0.3, 0.4) is 0 Å². The van der Waals surface area contributed by atoms with Crippen molar-refractivity contribution >= 4 is 19.8 Å². The maximum atomic E-state index is 11.7. The average molecular weight is 519 g/mol. The lowest BCUT2D eigenvalue weighted by atomic mass is 9.89. The van der Waals surface area contributed by atoms with Crippen molar-refractivity contribution in [1.82, 2.24) is 0 Å². The number of aliphatic hydroxyl groups is 1. The molecule has 0 saturated heterocycles. The topological polar surface area (TPSA) is 167 Å². The van der Waals surface area contributed by atoms with E-state index in [0.29, 0.717) is 39.3 Å². The Kier molecular flexibility index (Phi) is 19.7. The van der Waals surface area contributed by atoms with Crippen molar-refractivity contribution in [2.24, 2.45) is 10.8 Å². The summed E-state index contributed by atoms with van der Waals surface area (Å²) in [4.78, 5) is 39.4. The Morgan fingerprint density at radius 3 is 1.53 bits per heavy atom. The first-order valence-corrected chi connectivity index (χ1v) is 12.6. The van der Waals surface area contributed by atoms with Crippen LogP contribution in [-0.4, -0.2) is 93.4 Å². The molecule has 0 aromatic rings. The average Bonchev–Trinajstić information content (AvgIpc) is 2.80. The molecule has 0 bridgehead atoms. The van der Waals surface area contributed by atoms with Crippen LogP contribution < -0.4 is 0 Å². The lowest BCUT2D eigenvalue weighted by molar-refractivity contribution is -0.156. The maximum absolute atomic E-state index is 11.7. The van der Waals surface area contributed by atoms with E-state index >= 15 is 0 Å². The number of carbonyl (C=O) groups is 2. The number of hydrogen-bond acceptors (Lipinski definition) is 10. The van der Waals surface area contributed by atoms with E-state index in [-0.39, 0.29) is 45.0 Å². The Morgan fingerprint density at radius 1 is 0.765 bits per heavy atom. The van der Waals surface area contributed by atoms with E-state index in [2.05, 4.69) is 9.26 Å². The van der Waals surface area contributed by atoms with Gasteiger partial charge in [-0.05, 0) is 33.6 Å². The van der Waals surface area contributed by atoms with Crippen molar-refractivity contribution in [1.29, 1.82) is 0 Å². The monoisotopic (exact) mass is 518 g/mol. The van der Waals surface area contributed by atoms with Gasteiger partial charge in [0.15, 0.2) is 0 Å². The number of phosphoric acid groups is 1. The molecule has 0 rings (SSSR count). The molecule has 204 valence electrons. The molecule has 0 spiro atoms. The molecule has 12 nitrogen and oxygen atoms in total. The Balaban J connectivity index is 0. The number of methoxy groups -OCH3 is 1. The van der Waals surface area contributed by atoms with Crippen LogP contribution in [0.25, 0.3) is 0 Å². The van der Waals surface area contributed by atoms with E-state index in [4.69, 9.17) is 33.8 Å². The molecule has 0 amide bonds. The predicted octanol–water partition coefficient (Wildman–Crippen LogP) is 1.69. The van der Waals surface area contributed by atoms with Crippen molar-refractivity contribution in [3.05, 3.63) is 0 Å². The summed E-state index contributed by atoms with van der Waals surface area (Å²) >= 11 is 0. The van der Waals surface area contributed by atoms with Crippen LogP contribution in [0.2, 0.25) is 0 Å². The second-order valence-corrected chi connectivity index (χ2v) is 9.34. The van der Waals surface area contributed by atoms with Gasteiger partial charge in [0.2, 0.25) is 0 Å². The highest BCUT2D eigenvalue weighted by Gasteiger charge is 2.31. The fraction of sp³-hybridized carbons (Fsp3) is 0.905. The molecular formula is C21H43O12P. The second-order valence-electron chi connectivity index (χ2n) is 8.10. The molecule has 1 atom stereocenters. The third-order valence-corrected chi connectivity index (χ3v) is 5.45. The van der Waals surface area contributed by atoms with E-state index in [0.717, 1.165) is 0 Å². The van der Waals surface area contributed by atoms with Gasteiger partial charge in [-0.15, -0.1) is 0 Å².